The number of rotatable bonds is 8. The van der Waals surface area contributed by atoms with E-state index in [0.717, 1.165) is 38.5 Å². The van der Waals surface area contributed by atoms with Crippen LogP contribution >= 0.6 is 0 Å². The summed E-state index contributed by atoms with van der Waals surface area (Å²) in [7, 11) is 0. The summed E-state index contributed by atoms with van der Waals surface area (Å²) < 4.78 is 0. The molecule has 0 aromatic heterocycles. The molecule has 0 aliphatic carbocycles. The lowest BCUT2D eigenvalue weighted by atomic mass is 10.2. The molecule has 0 saturated carbocycles. The number of unbranched alkanes of at least 4 members (excludes halogenated alkanes) is 4. The van der Waals surface area contributed by atoms with Crippen molar-refractivity contribution in [2.75, 3.05) is 0 Å². The molecule has 0 radical (unpaired) electrons. The predicted octanol–water partition coefficient (Wildman–Crippen LogP) is 3.17. The lowest BCUT2D eigenvalue weighted by molar-refractivity contribution is -0.234. The van der Waals surface area contributed by atoms with Crippen molar-refractivity contribution >= 4 is 11.9 Å². The Hall–Kier alpha value is -1.14. The minimum atomic E-state index is -0.538. The Morgan fingerprint density at radius 2 is 1.11 bits per heavy atom. The Kier molecular flexibility index (Phi) is 16.9. The molecule has 0 heterocycles. The van der Waals surface area contributed by atoms with E-state index >= 15 is 0 Å². The van der Waals surface area contributed by atoms with Crippen LogP contribution in [0.4, 0.5) is 0 Å². The van der Waals surface area contributed by atoms with E-state index in [0.29, 0.717) is 12.8 Å². The van der Waals surface area contributed by atoms with E-state index in [2.05, 4.69) is 9.78 Å². The standard InChI is InChI=1S/2C6H12O3/c2*1-2-3-4-5-6(7)9-8/h2*8H,2-5H2,1H3. The molecule has 18 heavy (non-hydrogen) atoms. The summed E-state index contributed by atoms with van der Waals surface area (Å²) >= 11 is 0. The first kappa shape index (κ1) is 19.2. The molecule has 6 heteroatoms. The van der Waals surface area contributed by atoms with Gasteiger partial charge in [0, 0.05) is 12.8 Å². The van der Waals surface area contributed by atoms with Crippen molar-refractivity contribution < 1.29 is 29.9 Å². The molecular formula is C12H24O6. The van der Waals surface area contributed by atoms with Gasteiger partial charge in [-0.3, -0.25) is 0 Å². The maximum Gasteiger partial charge on any atom is 0.342 e. The van der Waals surface area contributed by atoms with Crippen molar-refractivity contribution in [3.63, 3.8) is 0 Å². The monoisotopic (exact) mass is 264 g/mol. The summed E-state index contributed by atoms with van der Waals surface area (Å²) in [5, 5.41) is 15.6. The van der Waals surface area contributed by atoms with E-state index in [-0.39, 0.29) is 0 Å². The van der Waals surface area contributed by atoms with E-state index in [1.54, 1.807) is 0 Å². The number of hydrogen-bond donors (Lipinski definition) is 2. The molecule has 0 fully saturated rings. The summed E-state index contributed by atoms with van der Waals surface area (Å²) in [6.45, 7) is 4.09. The SMILES string of the molecule is CCCCCC(=O)OO.CCCCCC(=O)OO. The largest absolute Gasteiger partial charge is 0.342 e. The quantitative estimate of drug-likeness (QED) is 0.397. The van der Waals surface area contributed by atoms with Crippen molar-refractivity contribution in [1.29, 1.82) is 0 Å². The summed E-state index contributed by atoms with van der Waals surface area (Å²) in [5.74, 6) is -1.08. The molecular weight excluding hydrogens is 240 g/mol. The van der Waals surface area contributed by atoms with Gasteiger partial charge in [0.25, 0.3) is 0 Å². The van der Waals surface area contributed by atoms with Gasteiger partial charge in [0.15, 0.2) is 0 Å². The first-order chi connectivity index (χ1) is 8.62. The molecule has 0 amide bonds. The van der Waals surface area contributed by atoms with Crippen molar-refractivity contribution in [3.05, 3.63) is 0 Å². The fraction of sp³-hybridized carbons (Fsp3) is 0.833. The van der Waals surface area contributed by atoms with Gasteiger partial charge in [-0.2, -0.15) is 10.5 Å². The molecule has 0 atom stereocenters. The highest BCUT2D eigenvalue weighted by atomic mass is 17.1. The second-order valence-corrected chi connectivity index (χ2v) is 3.84. The first-order valence-corrected chi connectivity index (χ1v) is 6.30. The van der Waals surface area contributed by atoms with Crippen LogP contribution in [0.25, 0.3) is 0 Å². The molecule has 0 spiro atoms. The maximum absolute atomic E-state index is 10.2. The molecule has 0 aliphatic rings. The van der Waals surface area contributed by atoms with Crippen LogP contribution in [0.1, 0.15) is 65.2 Å². The zero-order chi connectivity index (χ0) is 14.2. The van der Waals surface area contributed by atoms with Crippen molar-refractivity contribution in [2.45, 2.75) is 65.2 Å². The van der Waals surface area contributed by atoms with Gasteiger partial charge in [-0.1, -0.05) is 39.5 Å². The highest BCUT2D eigenvalue weighted by molar-refractivity contribution is 5.68. The molecule has 0 rings (SSSR count). The van der Waals surface area contributed by atoms with Crippen molar-refractivity contribution in [3.8, 4) is 0 Å². The minimum absolute atomic E-state index is 0.324. The van der Waals surface area contributed by atoms with Crippen LogP contribution < -0.4 is 0 Å². The van der Waals surface area contributed by atoms with Crippen molar-refractivity contribution in [2.24, 2.45) is 0 Å². The van der Waals surface area contributed by atoms with E-state index in [4.69, 9.17) is 10.5 Å². The third kappa shape index (κ3) is 17.3. The average molecular weight is 264 g/mol. The normalized spacial score (nSPS) is 9.11. The second kappa shape index (κ2) is 15.9. The van der Waals surface area contributed by atoms with Crippen LogP contribution in [0.5, 0.6) is 0 Å². The molecule has 0 aromatic carbocycles. The van der Waals surface area contributed by atoms with Crippen LogP contribution in [-0.4, -0.2) is 22.5 Å². The van der Waals surface area contributed by atoms with Crippen LogP contribution in [-0.2, 0) is 19.4 Å². The number of carbonyl (C=O) groups excluding carboxylic acids is 2. The third-order valence-corrected chi connectivity index (χ3v) is 2.17. The molecule has 0 saturated heterocycles. The van der Waals surface area contributed by atoms with Gasteiger partial charge < -0.3 is 9.78 Å². The Bertz CT molecular complexity index is 183. The predicted molar refractivity (Wildman–Crippen MR) is 65.7 cm³/mol. The van der Waals surface area contributed by atoms with Gasteiger partial charge in [-0.15, -0.1) is 0 Å². The van der Waals surface area contributed by atoms with Crippen LogP contribution in [0.3, 0.4) is 0 Å². The van der Waals surface area contributed by atoms with E-state index < -0.39 is 11.9 Å². The Morgan fingerprint density at radius 1 is 0.778 bits per heavy atom. The molecule has 108 valence electrons. The Balaban J connectivity index is 0. The molecule has 0 bridgehead atoms. The molecule has 2 N–H and O–H groups in total. The van der Waals surface area contributed by atoms with Gasteiger partial charge in [0.1, 0.15) is 0 Å². The van der Waals surface area contributed by atoms with Crippen LogP contribution in [0.15, 0.2) is 0 Å². The lowest BCUT2D eigenvalue weighted by Gasteiger charge is -1.93. The van der Waals surface area contributed by atoms with Gasteiger partial charge in [0.2, 0.25) is 0 Å². The molecule has 6 nitrogen and oxygen atoms in total. The molecule has 0 aliphatic heterocycles. The van der Waals surface area contributed by atoms with Crippen LogP contribution in [0.2, 0.25) is 0 Å². The smallest absolute Gasteiger partial charge is 0.301 e. The zero-order valence-electron chi connectivity index (χ0n) is 11.2. The summed E-state index contributed by atoms with van der Waals surface area (Å²) in [5.41, 5.74) is 0. The van der Waals surface area contributed by atoms with Gasteiger partial charge >= 0.3 is 11.9 Å². The fourth-order valence-corrected chi connectivity index (χ4v) is 1.13. The van der Waals surface area contributed by atoms with Gasteiger partial charge in [0.05, 0.1) is 0 Å². The van der Waals surface area contributed by atoms with Crippen molar-refractivity contribution in [1.82, 2.24) is 0 Å². The summed E-state index contributed by atoms with van der Waals surface area (Å²) in [6.07, 6.45) is 6.40. The van der Waals surface area contributed by atoms with E-state index in [1.807, 2.05) is 13.8 Å². The Labute approximate surface area is 108 Å². The highest BCUT2D eigenvalue weighted by Gasteiger charge is 1.99. The second-order valence-electron chi connectivity index (χ2n) is 3.84. The molecule has 0 unspecified atom stereocenters. The van der Waals surface area contributed by atoms with E-state index in [9.17, 15) is 9.59 Å². The first-order valence-electron chi connectivity index (χ1n) is 6.30. The number of carbonyl (C=O) groups is 2. The number of hydrogen-bond acceptors (Lipinski definition) is 6. The summed E-state index contributed by atoms with van der Waals surface area (Å²) in [4.78, 5) is 27.3. The topological polar surface area (TPSA) is 93.1 Å². The minimum Gasteiger partial charge on any atom is -0.301 e. The lowest BCUT2D eigenvalue weighted by Crippen LogP contribution is -1.99. The fourth-order valence-electron chi connectivity index (χ4n) is 1.13. The molecule has 0 aromatic rings. The maximum atomic E-state index is 10.2. The van der Waals surface area contributed by atoms with Crippen LogP contribution in [0, 0.1) is 0 Å². The zero-order valence-corrected chi connectivity index (χ0v) is 11.2. The summed E-state index contributed by atoms with van der Waals surface area (Å²) in [6, 6.07) is 0. The van der Waals surface area contributed by atoms with Gasteiger partial charge in [-0.25, -0.2) is 9.59 Å². The highest BCUT2D eigenvalue weighted by Crippen LogP contribution is 1.99. The van der Waals surface area contributed by atoms with E-state index in [1.165, 1.54) is 0 Å². The average Bonchev–Trinajstić information content (AvgIpc) is 2.39. The third-order valence-electron chi connectivity index (χ3n) is 2.17. The van der Waals surface area contributed by atoms with Gasteiger partial charge in [-0.05, 0) is 12.8 Å². The Morgan fingerprint density at radius 3 is 1.33 bits per heavy atom.